The largest absolute Gasteiger partial charge is 0.369 e. The number of carbonyl (C=O) groups is 2. The maximum atomic E-state index is 12.3. The van der Waals surface area contributed by atoms with Crippen molar-refractivity contribution in [3.8, 4) is 0 Å². The normalized spacial score (nSPS) is 20.9. The van der Waals surface area contributed by atoms with Gasteiger partial charge in [0.2, 0.25) is 11.8 Å². The van der Waals surface area contributed by atoms with Gasteiger partial charge in [-0.1, -0.05) is 30.3 Å². The van der Waals surface area contributed by atoms with E-state index in [2.05, 4.69) is 0 Å². The highest BCUT2D eigenvalue weighted by Gasteiger charge is 2.29. The van der Waals surface area contributed by atoms with E-state index in [0.717, 1.165) is 18.4 Å². The van der Waals surface area contributed by atoms with Crippen molar-refractivity contribution in [2.75, 3.05) is 13.1 Å². The molecule has 1 heterocycles. The van der Waals surface area contributed by atoms with Crippen molar-refractivity contribution < 1.29 is 9.59 Å². The zero-order chi connectivity index (χ0) is 13.8. The third-order valence-corrected chi connectivity index (χ3v) is 3.56. The lowest BCUT2D eigenvalue weighted by Gasteiger charge is -2.33. The molecule has 5 nitrogen and oxygen atoms in total. The summed E-state index contributed by atoms with van der Waals surface area (Å²) in [6.45, 7) is 1.03. The van der Waals surface area contributed by atoms with Gasteiger partial charge in [0.05, 0.1) is 5.92 Å². The summed E-state index contributed by atoms with van der Waals surface area (Å²) in [5.74, 6) is -0.733. The fourth-order valence-electron chi connectivity index (χ4n) is 2.41. The van der Waals surface area contributed by atoms with Crippen LogP contribution in [0.2, 0.25) is 0 Å². The first-order chi connectivity index (χ1) is 9.09. The van der Waals surface area contributed by atoms with Crippen molar-refractivity contribution in [1.82, 2.24) is 4.90 Å². The number of benzene rings is 1. The van der Waals surface area contributed by atoms with Gasteiger partial charge in [-0.15, -0.1) is 0 Å². The van der Waals surface area contributed by atoms with Crippen molar-refractivity contribution in [2.24, 2.45) is 17.4 Å². The molecule has 0 bridgehead atoms. The molecule has 0 spiro atoms. The van der Waals surface area contributed by atoms with E-state index in [0.29, 0.717) is 13.1 Å². The molecular formula is C14H19N3O2. The summed E-state index contributed by atoms with van der Waals surface area (Å²) in [6, 6.07) is 8.57. The van der Waals surface area contributed by atoms with Crippen molar-refractivity contribution in [3.63, 3.8) is 0 Å². The second-order valence-corrected chi connectivity index (χ2v) is 4.91. The molecule has 1 saturated heterocycles. The first-order valence-electron chi connectivity index (χ1n) is 6.48. The summed E-state index contributed by atoms with van der Waals surface area (Å²) < 4.78 is 0. The van der Waals surface area contributed by atoms with Crippen LogP contribution < -0.4 is 11.5 Å². The molecule has 1 aliphatic heterocycles. The van der Waals surface area contributed by atoms with Gasteiger partial charge < -0.3 is 16.4 Å². The van der Waals surface area contributed by atoms with Crippen LogP contribution in [0.25, 0.3) is 0 Å². The molecule has 1 unspecified atom stereocenters. The topological polar surface area (TPSA) is 89.4 Å². The average molecular weight is 261 g/mol. The average Bonchev–Trinajstić information content (AvgIpc) is 2.46. The van der Waals surface area contributed by atoms with E-state index in [1.807, 2.05) is 30.3 Å². The molecule has 0 saturated carbocycles. The summed E-state index contributed by atoms with van der Waals surface area (Å²) in [6.07, 6.45) is 1.54. The number of amides is 2. The van der Waals surface area contributed by atoms with E-state index < -0.39 is 6.04 Å². The summed E-state index contributed by atoms with van der Waals surface area (Å²) in [7, 11) is 0. The van der Waals surface area contributed by atoms with Gasteiger partial charge in [-0.2, -0.15) is 0 Å². The monoisotopic (exact) mass is 261 g/mol. The van der Waals surface area contributed by atoms with Crippen LogP contribution in [-0.4, -0.2) is 29.8 Å². The minimum atomic E-state index is -0.673. The highest BCUT2D eigenvalue weighted by Crippen LogP contribution is 2.20. The van der Waals surface area contributed by atoms with Gasteiger partial charge in [0, 0.05) is 13.1 Å². The molecule has 1 aliphatic rings. The van der Waals surface area contributed by atoms with E-state index in [4.69, 9.17) is 11.5 Å². The van der Waals surface area contributed by atoms with E-state index in [1.54, 1.807) is 4.90 Å². The van der Waals surface area contributed by atoms with Gasteiger partial charge in [-0.3, -0.25) is 9.59 Å². The Kier molecular flexibility index (Phi) is 4.16. The third-order valence-electron chi connectivity index (χ3n) is 3.56. The van der Waals surface area contributed by atoms with Crippen molar-refractivity contribution in [2.45, 2.75) is 18.9 Å². The maximum absolute atomic E-state index is 12.3. The summed E-state index contributed by atoms with van der Waals surface area (Å²) in [5, 5.41) is 0. The van der Waals surface area contributed by atoms with E-state index in [1.165, 1.54) is 0 Å². The number of likely N-dealkylation sites (tertiary alicyclic amines) is 1. The minimum Gasteiger partial charge on any atom is -0.369 e. The Morgan fingerprint density at radius 3 is 2.58 bits per heavy atom. The molecule has 0 aliphatic carbocycles. The Hall–Kier alpha value is -1.88. The molecule has 2 rings (SSSR count). The Balaban J connectivity index is 2.05. The quantitative estimate of drug-likeness (QED) is 0.825. The number of nitrogens with zero attached hydrogens (tertiary/aromatic N) is 1. The number of nitrogens with two attached hydrogens (primary N) is 2. The molecule has 0 aromatic heterocycles. The van der Waals surface area contributed by atoms with Crippen LogP contribution in [0.1, 0.15) is 24.4 Å². The highest BCUT2D eigenvalue weighted by molar-refractivity contribution is 5.84. The molecule has 1 aromatic carbocycles. The van der Waals surface area contributed by atoms with Crippen molar-refractivity contribution >= 4 is 11.8 Å². The van der Waals surface area contributed by atoms with Gasteiger partial charge in [0.25, 0.3) is 0 Å². The van der Waals surface area contributed by atoms with Crippen LogP contribution in [0, 0.1) is 5.92 Å². The number of hydrogen-bond donors (Lipinski definition) is 2. The van der Waals surface area contributed by atoms with Gasteiger partial charge >= 0.3 is 0 Å². The molecule has 1 aromatic rings. The maximum Gasteiger partial charge on any atom is 0.244 e. The lowest BCUT2D eigenvalue weighted by atomic mass is 9.96. The van der Waals surface area contributed by atoms with E-state index >= 15 is 0 Å². The standard InChI is InChI=1S/C14H19N3O2/c15-12(10-5-2-1-3-6-10)14(19)17-8-4-7-11(9-17)13(16)18/h1-3,5-6,11-12H,4,7-9,15H2,(H2,16,18)/t11?,12-/m0/s1. The summed E-state index contributed by atoms with van der Waals surface area (Å²) >= 11 is 0. The second kappa shape index (κ2) is 5.84. The predicted molar refractivity (Wildman–Crippen MR) is 71.9 cm³/mol. The minimum absolute atomic E-state index is 0.142. The zero-order valence-corrected chi connectivity index (χ0v) is 10.8. The number of primary amides is 1. The third kappa shape index (κ3) is 3.12. The Bertz CT molecular complexity index is 461. The van der Waals surface area contributed by atoms with E-state index in [-0.39, 0.29) is 17.7 Å². The lowest BCUT2D eigenvalue weighted by Crippen LogP contribution is -2.47. The van der Waals surface area contributed by atoms with Crippen LogP contribution in [0.5, 0.6) is 0 Å². The Morgan fingerprint density at radius 1 is 1.26 bits per heavy atom. The van der Waals surface area contributed by atoms with Crippen LogP contribution in [0.3, 0.4) is 0 Å². The Labute approximate surface area is 112 Å². The zero-order valence-electron chi connectivity index (χ0n) is 10.8. The van der Waals surface area contributed by atoms with Gasteiger partial charge in [-0.05, 0) is 18.4 Å². The van der Waals surface area contributed by atoms with Gasteiger partial charge in [0.1, 0.15) is 6.04 Å². The van der Waals surface area contributed by atoms with E-state index in [9.17, 15) is 9.59 Å². The first kappa shape index (κ1) is 13.5. The molecule has 1 fully saturated rings. The molecule has 0 radical (unpaired) electrons. The molecule has 102 valence electrons. The van der Waals surface area contributed by atoms with Crippen LogP contribution in [-0.2, 0) is 9.59 Å². The smallest absolute Gasteiger partial charge is 0.244 e. The SMILES string of the molecule is NC(=O)C1CCCN(C(=O)[C@@H](N)c2ccccc2)C1. The molecular weight excluding hydrogens is 242 g/mol. The second-order valence-electron chi connectivity index (χ2n) is 4.91. The van der Waals surface area contributed by atoms with Crippen LogP contribution in [0.15, 0.2) is 30.3 Å². The van der Waals surface area contributed by atoms with Crippen molar-refractivity contribution in [1.29, 1.82) is 0 Å². The molecule has 19 heavy (non-hydrogen) atoms. The number of carbonyl (C=O) groups excluding carboxylic acids is 2. The fourth-order valence-corrected chi connectivity index (χ4v) is 2.41. The highest BCUT2D eigenvalue weighted by atomic mass is 16.2. The van der Waals surface area contributed by atoms with Crippen molar-refractivity contribution in [3.05, 3.63) is 35.9 Å². The van der Waals surface area contributed by atoms with Crippen LogP contribution in [0.4, 0.5) is 0 Å². The molecule has 2 atom stereocenters. The lowest BCUT2D eigenvalue weighted by molar-refractivity contribution is -0.136. The molecule has 2 amide bonds. The summed E-state index contributed by atoms with van der Waals surface area (Å²) in [4.78, 5) is 25.2. The number of piperidine rings is 1. The number of rotatable bonds is 3. The number of hydrogen-bond acceptors (Lipinski definition) is 3. The Morgan fingerprint density at radius 2 is 1.95 bits per heavy atom. The molecule has 5 heteroatoms. The van der Waals surface area contributed by atoms with Gasteiger partial charge in [-0.25, -0.2) is 0 Å². The fraction of sp³-hybridized carbons (Fsp3) is 0.429. The molecule has 4 N–H and O–H groups in total. The predicted octanol–water partition coefficient (Wildman–Crippen LogP) is 0.410. The van der Waals surface area contributed by atoms with Gasteiger partial charge in [0.15, 0.2) is 0 Å². The van der Waals surface area contributed by atoms with Crippen LogP contribution >= 0.6 is 0 Å². The summed E-state index contributed by atoms with van der Waals surface area (Å²) in [5.41, 5.74) is 12.1. The first-order valence-corrected chi connectivity index (χ1v) is 6.48.